The zero-order chi connectivity index (χ0) is 17.8. The first-order valence-electron chi connectivity index (χ1n) is 7.24. The zero-order valence-corrected chi connectivity index (χ0v) is 13.8. The summed E-state index contributed by atoms with van der Waals surface area (Å²) in [5.41, 5.74) is 7.88. The number of terminal acetylenes is 1. The van der Waals surface area contributed by atoms with E-state index in [4.69, 9.17) is 16.3 Å². The molecule has 0 bridgehead atoms. The minimum Gasteiger partial charge on any atom is -0.480 e. The lowest BCUT2D eigenvalue weighted by Gasteiger charge is -2.18. The molecule has 0 aliphatic carbocycles. The van der Waals surface area contributed by atoms with Gasteiger partial charge in [-0.1, -0.05) is 31.0 Å². The number of rotatable bonds is 6. The molecule has 126 valence electrons. The maximum atomic E-state index is 11.6. The van der Waals surface area contributed by atoms with E-state index in [0.29, 0.717) is 0 Å². The molecule has 0 amide bonds. The Morgan fingerprint density at radius 1 is 1.48 bits per heavy atom. The molecule has 1 aromatic carbocycles. The second-order valence-corrected chi connectivity index (χ2v) is 4.74. The number of carbonyl (C=O) groups is 2. The largest absolute Gasteiger partial charge is 0.480 e. The van der Waals surface area contributed by atoms with Crippen molar-refractivity contribution in [2.24, 2.45) is 5.73 Å². The molecule has 0 saturated carbocycles. The number of ether oxygens (including phenoxy) is 1. The van der Waals surface area contributed by atoms with Crippen LogP contribution < -0.4 is 11.1 Å². The summed E-state index contributed by atoms with van der Waals surface area (Å²) < 4.78 is 4.90. The highest BCUT2D eigenvalue weighted by molar-refractivity contribution is 5.79. The second kappa shape index (κ2) is 11.1. The highest BCUT2D eigenvalue weighted by Gasteiger charge is 2.16. The standard InChI is InChI=1S/C15H19NO2.C2H5NO2/c1-5-10-18-15(17)12(4)16-14-11(3)8-7-9-13(14)6-2;3-1-2(4)5/h1,7-9,12,16H,6,10H2,2-4H3;1,3H2,(H,4,5)/t12-;/m0./s1. The van der Waals surface area contributed by atoms with Crippen molar-refractivity contribution in [3.63, 3.8) is 0 Å². The quantitative estimate of drug-likeness (QED) is 0.543. The van der Waals surface area contributed by atoms with E-state index in [9.17, 15) is 9.59 Å². The number of hydrogen-bond donors (Lipinski definition) is 3. The molecule has 0 fully saturated rings. The molecule has 23 heavy (non-hydrogen) atoms. The smallest absolute Gasteiger partial charge is 0.329 e. The Bertz CT molecular complexity index is 564. The Balaban J connectivity index is 0.000000841. The van der Waals surface area contributed by atoms with Crippen LogP contribution in [0.2, 0.25) is 0 Å². The Morgan fingerprint density at radius 3 is 2.57 bits per heavy atom. The van der Waals surface area contributed by atoms with Crippen LogP contribution in [-0.4, -0.2) is 36.2 Å². The Labute approximate surface area is 137 Å². The van der Waals surface area contributed by atoms with Gasteiger partial charge in [0.15, 0.2) is 6.61 Å². The summed E-state index contributed by atoms with van der Waals surface area (Å²) in [6.07, 6.45) is 5.96. The summed E-state index contributed by atoms with van der Waals surface area (Å²) in [6.45, 7) is 5.60. The number of aryl methyl sites for hydroxylation is 2. The molecule has 0 heterocycles. The molecule has 6 heteroatoms. The number of benzene rings is 1. The predicted octanol–water partition coefficient (Wildman–Crippen LogP) is 1.56. The van der Waals surface area contributed by atoms with Gasteiger partial charge in [0.2, 0.25) is 0 Å². The van der Waals surface area contributed by atoms with Crippen LogP contribution in [0.5, 0.6) is 0 Å². The molecule has 0 radical (unpaired) electrons. The topological polar surface area (TPSA) is 102 Å². The first-order valence-corrected chi connectivity index (χ1v) is 7.24. The van der Waals surface area contributed by atoms with Gasteiger partial charge >= 0.3 is 11.9 Å². The molecular formula is C17H24N2O4. The van der Waals surface area contributed by atoms with E-state index in [1.807, 2.05) is 19.1 Å². The number of carboxylic acids is 1. The fraction of sp³-hybridized carbons (Fsp3) is 0.412. The molecule has 1 atom stereocenters. The molecule has 1 rings (SSSR count). The van der Waals surface area contributed by atoms with Crippen LogP contribution >= 0.6 is 0 Å². The lowest BCUT2D eigenvalue weighted by Crippen LogP contribution is -2.29. The average molecular weight is 320 g/mol. The van der Waals surface area contributed by atoms with E-state index in [-0.39, 0.29) is 19.1 Å². The van der Waals surface area contributed by atoms with Gasteiger partial charge in [-0.3, -0.25) is 4.79 Å². The molecule has 0 aromatic heterocycles. The number of nitrogens with one attached hydrogen (secondary N) is 1. The molecule has 1 aromatic rings. The van der Waals surface area contributed by atoms with Gasteiger partial charge in [0, 0.05) is 5.69 Å². The van der Waals surface area contributed by atoms with Crippen LogP contribution in [0.3, 0.4) is 0 Å². The number of nitrogens with two attached hydrogens (primary N) is 1. The predicted molar refractivity (Wildman–Crippen MR) is 90.1 cm³/mol. The summed E-state index contributed by atoms with van der Waals surface area (Å²) >= 11 is 0. The zero-order valence-electron chi connectivity index (χ0n) is 13.8. The van der Waals surface area contributed by atoms with Crippen molar-refractivity contribution in [1.29, 1.82) is 0 Å². The lowest BCUT2D eigenvalue weighted by atomic mass is 10.1. The third-order valence-electron chi connectivity index (χ3n) is 2.93. The Hall–Kier alpha value is -2.52. The van der Waals surface area contributed by atoms with E-state index in [2.05, 4.69) is 30.0 Å². The maximum Gasteiger partial charge on any atom is 0.329 e. The lowest BCUT2D eigenvalue weighted by molar-refractivity contribution is -0.142. The van der Waals surface area contributed by atoms with Crippen molar-refractivity contribution in [3.05, 3.63) is 29.3 Å². The molecular weight excluding hydrogens is 296 g/mol. The molecule has 4 N–H and O–H groups in total. The van der Waals surface area contributed by atoms with Crippen molar-refractivity contribution >= 4 is 17.6 Å². The molecule has 0 aliphatic rings. The van der Waals surface area contributed by atoms with E-state index in [1.54, 1.807) is 6.92 Å². The molecule has 0 aliphatic heterocycles. The normalized spacial score (nSPS) is 10.6. The van der Waals surface area contributed by atoms with Crippen molar-refractivity contribution in [2.75, 3.05) is 18.5 Å². The van der Waals surface area contributed by atoms with E-state index >= 15 is 0 Å². The van der Waals surface area contributed by atoms with E-state index in [0.717, 1.165) is 17.7 Å². The van der Waals surface area contributed by atoms with Gasteiger partial charge in [-0.25, -0.2) is 4.79 Å². The number of carboxylic acid groups (broad SMARTS) is 1. The number of aliphatic carboxylic acids is 1. The number of hydrogen-bond acceptors (Lipinski definition) is 5. The van der Waals surface area contributed by atoms with Crippen molar-refractivity contribution < 1.29 is 19.4 Å². The Kier molecular flexibility index (Phi) is 9.88. The Morgan fingerprint density at radius 2 is 2.09 bits per heavy atom. The van der Waals surface area contributed by atoms with Gasteiger partial charge in [-0.2, -0.15) is 0 Å². The summed E-state index contributed by atoms with van der Waals surface area (Å²) in [4.78, 5) is 20.9. The molecule has 0 saturated heterocycles. The average Bonchev–Trinajstić information content (AvgIpc) is 2.54. The summed E-state index contributed by atoms with van der Waals surface area (Å²) in [7, 11) is 0. The van der Waals surface area contributed by atoms with Crippen LogP contribution in [0.25, 0.3) is 0 Å². The van der Waals surface area contributed by atoms with Gasteiger partial charge in [-0.05, 0) is 31.4 Å². The first-order chi connectivity index (χ1) is 10.9. The SMILES string of the molecule is C#CCOC(=O)[C@H](C)Nc1c(C)cccc1CC.NCC(=O)O. The summed E-state index contributed by atoms with van der Waals surface area (Å²) in [6, 6.07) is 5.67. The highest BCUT2D eigenvalue weighted by Crippen LogP contribution is 2.22. The van der Waals surface area contributed by atoms with Crippen molar-refractivity contribution in [1.82, 2.24) is 0 Å². The minimum atomic E-state index is -0.968. The van der Waals surface area contributed by atoms with E-state index in [1.165, 1.54) is 5.56 Å². The second-order valence-electron chi connectivity index (χ2n) is 4.74. The van der Waals surface area contributed by atoms with Crippen LogP contribution in [0.15, 0.2) is 18.2 Å². The maximum absolute atomic E-state index is 11.6. The van der Waals surface area contributed by atoms with Gasteiger partial charge < -0.3 is 20.9 Å². The fourth-order valence-corrected chi connectivity index (χ4v) is 1.74. The van der Waals surface area contributed by atoms with Crippen molar-refractivity contribution in [3.8, 4) is 12.3 Å². The monoisotopic (exact) mass is 320 g/mol. The van der Waals surface area contributed by atoms with Gasteiger partial charge in [0.1, 0.15) is 6.04 Å². The van der Waals surface area contributed by atoms with Gasteiger partial charge in [-0.15, -0.1) is 6.42 Å². The third-order valence-corrected chi connectivity index (χ3v) is 2.93. The minimum absolute atomic E-state index is 0.0132. The van der Waals surface area contributed by atoms with E-state index < -0.39 is 12.0 Å². The number of carbonyl (C=O) groups excluding carboxylic acids is 1. The fourth-order valence-electron chi connectivity index (χ4n) is 1.74. The molecule has 6 nitrogen and oxygen atoms in total. The molecule has 0 unspecified atom stereocenters. The summed E-state index contributed by atoms with van der Waals surface area (Å²) in [5, 5.41) is 10.8. The van der Waals surface area contributed by atoms with Crippen LogP contribution in [0.1, 0.15) is 25.0 Å². The van der Waals surface area contributed by atoms with Gasteiger partial charge in [0.25, 0.3) is 0 Å². The number of esters is 1. The number of anilines is 1. The van der Waals surface area contributed by atoms with Crippen molar-refractivity contribution in [2.45, 2.75) is 33.2 Å². The van der Waals surface area contributed by atoms with Crippen LogP contribution in [-0.2, 0) is 20.7 Å². The van der Waals surface area contributed by atoms with Crippen LogP contribution in [0, 0.1) is 19.3 Å². The highest BCUT2D eigenvalue weighted by atomic mass is 16.5. The first kappa shape index (κ1) is 20.5. The molecule has 0 spiro atoms. The third kappa shape index (κ3) is 7.88. The number of para-hydroxylation sites is 1. The van der Waals surface area contributed by atoms with Gasteiger partial charge in [0.05, 0.1) is 6.54 Å². The van der Waals surface area contributed by atoms with Crippen LogP contribution in [0.4, 0.5) is 5.69 Å². The summed E-state index contributed by atoms with van der Waals surface area (Å²) in [5.74, 6) is 0.978.